The molecule has 4 aliphatic carbocycles. The lowest BCUT2D eigenvalue weighted by Crippen LogP contribution is -2.47. The number of aryl methyl sites for hydroxylation is 4. The molecular formula is C26H37NO2Si. The second-order valence-corrected chi connectivity index (χ2v) is 15.1. The molecule has 0 spiro atoms. The predicted octanol–water partition coefficient (Wildman–Crippen LogP) is 5.73. The Morgan fingerprint density at radius 2 is 1.27 bits per heavy atom. The Kier molecular flexibility index (Phi) is 6.76. The number of benzene rings is 2. The molecule has 6 rings (SSSR count). The van der Waals surface area contributed by atoms with Gasteiger partial charge < -0.3 is 9.64 Å². The quantitative estimate of drug-likeness (QED) is 0.588. The number of amides is 1. The van der Waals surface area contributed by atoms with E-state index in [4.69, 9.17) is 4.74 Å². The third kappa shape index (κ3) is 4.97. The van der Waals surface area contributed by atoms with Crippen LogP contribution in [0, 0.1) is 0 Å². The van der Waals surface area contributed by atoms with E-state index in [0.717, 1.165) is 37.0 Å². The monoisotopic (exact) mass is 423 g/mol. The van der Waals surface area contributed by atoms with Gasteiger partial charge in [-0.25, -0.2) is 4.79 Å². The van der Waals surface area contributed by atoms with Gasteiger partial charge in [-0.15, -0.1) is 0 Å². The van der Waals surface area contributed by atoms with Gasteiger partial charge in [0.15, 0.2) is 0 Å². The lowest BCUT2D eigenvalue weighted by Gasteiger charge is -2.32. The average molecular weight is 424 g/mol. The number of hydrogen-bond donors (Lipinski definition) is 0. The molecule has 2 aromatic rings. The Bertz CT molecular complexity index is 886. The van der Waals surface area contributed by atoms with Crippen LogP contribution in [0.1, 0.15) is 49.9 Å². The van der Waals surface area contributed by atoms with Crippen molar-refractivity contribution in [3.8, 4) is 5.75 Å². The zero-order chi connectivity index (χ0) is 22.1. The van der Waals surface area contributed by atoms with E-state index >= 15 is 0 Å². The molecule has 4 aliphatic rings. The van der Waals surface area contributed by atoms with Crippen molar-refractivity contribution in [2.24, 2.45) is 0 Å². The fourth-order valence-corrected chi connectivity index (χ4v) is 6.66. The molecule has 0 radical (unpaired) electrons. The molecule has 162 valence electrons. The molecule has 1 amide bonds. The van der Waals surface area contributed by atoms with Gasteiger partial charge >= 0.3 is 6.09 Å². The van der Waals surface area contributed by atoms with E-state index in [1.165, 1.54) is 21.9 Å². The summed E-state index contributed by atoms with van der Waals surface area (Å²) in [5.41, 5.74) is 5.20. The van der Waals surface area contributed by atoms with Crippen molar-refractivity contribution in [1.29, 1.82) is 0 Å². The molecule has 0 N–H and O–H groups in total. The summed E-state index contributed by atoms with van der Waals surface area (Å²) in [6.07, 6.45) is 3.58. The van der Waals surface area contributed by atoms with Gasteiger partial charge in [0.1, 0.15) is 5.75 Å². The summed E-state index contributed by atoms with van der Waals surface area (Å²) >= 11 is 0. The summed E-state index contributed by atoms with van der Waals surface area (Å²) in [5.74, 6) is 0.845. The molecule has 0 atom stereocenters. The van der Waals surface area contributed by atoms with Crippen molar-refractivity contribution in [3.63, 3.8) is 0 Å². The molecule has 0 saturated heterocycles. The van der Waals surface area contributed by atoms with Crippen LogP contribution in [-0.2, 0) is 25.7 Å². The number of ether oxygens (including phenoxy) is 1. The van der Waals surface area contributed by atoms with Gasteiger partial charge in [-0.05, 0) is 80.8 Å². The van der Waals surface area contributed by atoms with Gasteiger partial charge in [0.25, 0.3) is 0 Å². The second kappa shape index (κ2) is 8.97. The minimum Gasteiger partial charge on any atom is -0.410 e. The van der Waals surface area contributed by atoms with Gasteiger partial charge in [0.05, 0.1) is 8.07 Å². The molecule has 0 aromatic heterocycles. The lowest BCUT2D eigenvalue weighted by atomic mass is 9.96. The van der Waals surface area contributed by atoms with E-state index in [0.29, 0.717) is 0 Å². The minimum absolute atomic E-state index is 0.100. The SMILES string of the molecule is CC(C)N(C(=O)Oc1c2ccc(c1[Si](C)(C)C)CCc1ccc(cc1)CC2)C(C)C. The van der Waals surface area contributed by atoms with Crippen molar-refractivity contribution in [2.45, 2.75) is 85.1 Å². The zero-order valence-corrected chi connectivity index (χ0v) is 20.7. The normalized spacial score (nSPS) is 14.0. The van der Waals surface area contributed by atoms with Gasteiger partial charge in [-0.1, -0.05) is 56.0 Å². The highest BCUT2D eigenvalue weighted by Crippen LogP contribution is 2.27. The topological polar surface area (TPSA) is 29.5 Å². The van der Waals surface area contributed by atoms with E-state index in [2.05, 4.69) is 56.0 Å². The van der Waals surface area contributed by atoms with Crippen molar-refractivity contribution < 1.29 is 9.53 Å². The van der Waals surface area contributed by atoms with Crippen LogP contribution < -0.4 is 9.92 Å². The number of nitrogens with zero attached hydrogens (tertiary/aromatic N) is 1. The van der Waals surface area contributed by atoms with Crippen LogP contribution >= 0.6 is 0 Å². The van der Waals surface area contributed by atoms with Crippen LogP contribution in [0.4, 0.5) is 4.79 Å². The molecule has 0 aliphatic heterocycles. The molecule has 3 nitrogen and oxygen atoms in total. The molecule has 4 heteroatoms. The van der Waals surface area contributed by atoms with E-state index in [1.54, 1.807) is 0 Å². The largest absolute Gasteiger partial charge is 0.415 e. The van der Waals surface area contributed by atoms with Crippen molar-refractivity contribution in [3.05, 3.63) is 58.7 Å². The predicted molar refractivity (Wildman–Crippen MR) is 129 cm³/mol. The smallest absolute Gasteiger partial charge is 0.410 e. The summed E-state index contributed by atoms with van der Waals surface area (Å²) in [6.45, 7) is 15.3. The van der Waals surface area contributed by atoms with Crippen LogP contribution in [-0.4, -0.2) is 31.2 Å². The maximum atomic E-state index is 13.3. The third-order valence-electron chi connectivity index (χ3n) is 5.98. The van der Waals surface area contributed by atoms with Crippen LogP contribution in [0.2, 0.25) is 19.6 Å². The average Bonchev–Trinajstić information content (AvgIpc) is 2.62. The molecule has 2 aromatic carbocycles. The number of carbonyl (C=O) groups excluding carboxylic acids is 1. The lowest BCUT2D eigenvalue weighted by molar-refractivity contribution is 0.122. The first-order chi connectivity index (χ1) is 14.1. The molecule has 4 bridgehead atoms. The van der Waals surface area contributed by atoms with Crippen LogP contribution in [0.15, 0.2) is 36.4 Å². The summed E-state index contributed by atoms with van der Waals surface area (Å²) < 4.78 is 6.27. The van der Waals surface area contributed by atoms with E-state index in [1.807, 2.05) is 32.6 Å². The highest BCUT2D eigenvalue weighted by atomic mass is 28.3. The fraction of sp³-hybridized carbons (Fsp3) is 0.500. The highest BCUT2D eigenvalue weighted by molar-refractivity contribution is 6.89. The summed E-state index contributed by atoms with van der Waals surface area (Å²) in [4.78, 5) is 15.1. The van der Waals surface area contributed by atoms with Gasteiger partial charge in [0, 0.05) is 12.1 Å². The number of carbonyl (C=O) groups is 1. The minimum atomic E-state index is -1.75. The van der Waals surface area contributed by atoms with Gasteiger partial charge in [-0.2, -0.15) is 0 Å². The number of rotatable bonds is 4. The van der Waals surface area contributed by atoms with Crippen molar-refractivity contribution in [2.75, 3.05) is 0 Å². The Labute approximate surface area is 183 Å². The van der Waals surface area contributed by atoms with Crippen LogP contribution in [0.5, 0.6) is 5.75 Å². The maximum absolute atomic E-state index is 13.3. The summed E-state index contributed by atoms with van der Waals surface area (Å²) in [7, 11) is -1.75. The third-order valence-corrected chi connectivity index (χ3v) is 8.03. The molecule has 0 saturated carbocycles. The Hall–Kier alpha value is -2.07. The first-order valence-electron chi connectivity index (χ1n) is 11.3. The highest BCUT2D eigenvalue weighted by Gasteiger charge is 2.30. The fourth-order valence-electron chi connectivity index (χ4n) is 4.60. The van der Waals surface area contributed by atoms with Crippen molar-refractivity contribution >= 4 is 19.4 Å². The van der Waals surface area contributed by atoms with E-state index < -0.39 is 8.07 Å². The first-order valence-corrected chi connectivity index (χ1v) is 14.8. The number of hydrogen-bond acceptors (Lipinski definition) is 2. The Morgan fingerprint density at radius 3 is 1.73 bits per heavy atom. The summed E-state index contributed by atoms with van der Waals surface area (Å²) in [6, 6.07) is 13.7. The van der Waals surface area contributed by atoms with Gasteiger partial charge in [0.2, 0.25) is 0 Å². The molecule has 0 unspecified atom stereocenters. The van der Waals surface area contributed by atoms with E-state index in [9.17, 15) is 4.79 Å². The van der Waals surface area contributed by atoms with E-state index in [-0.39, 0.29) is 18.2 Å². The molecule has 0 fully saturated rings. The molecule has 0 heterocycles. The van der Waals surface area contributed by atoms with Crippen LogP contribution in [0.25, 0.3) is 0 Å². The second-order valence-electron chi connectivity index (χ2n) is 10.1. The summed E-state index contributed by atoms with van der Waals surface area (Å²) in [5, 5.41) is 1.32. The Balaban J connectivity index is 2.09. The van der Waals surface area contributed by atoms with Gasteiger partial charge in [-0.3, -0.25) is 0 Å². The standard InChI is InChI=1S/C26H37NO2Si/c1-18(2)27(19(3)4)26(28)29-24-22-14-12-20-8-10-21(11-9-20)13-15-23(17-16-22)25(24)30(5,6)7/h8-11,16-19H,12-15H2,1-7H3. The molecular weight excluding hydrogens is 386 g/mol. The first kappa shape index (κ1) is 22.6. The Morgan fingerprint density at radius 1 is 0.800 bits per heavy atom. The maximum Gasteiger partial charge on any atom is 0.415 e. The van der Waals surface area contributed by atoms with Crippen molar-refractivity contribution in [1.82, 2.24) is 4.90 Å². The molecule has 30 heavy (non-hydrogen) atoms. The zero-order valence-electron chi connectivity index (χ0n) is 19.7. The van der Waals surface area contributed by atoms with Crippen LogP contribution in [0.3, 0.4) is 0 Å².